The van der Waals surface area contributed by atoms with Crippen molar-refractivity contribution in [2.24, 2.45) is 23.2 Å². The topological polar surface area (TPSA) is 58.2 Å². The van der Waals surface area contributed by atoms with Gasteiger partial charge in [-0.15, -0.1) is 0 Å². The highest BCUT2D eigenvalue weighted by Crippen LogP contribution is 2.59. The average Bonchev–Trinajstić information content (AvgIpc) is 2.60. The summed E-state index contributed by atoms with van der Waals surface area (Å²) in [6, 6.07) is 0.206. The number of aldehydes is 1. The zero-order chi connectivity index (χ0) is 19.8. The Hall–Kier alpha value is -1.33. The van der Waals surface area contributed by atoms with Crippen LogP contribution in [-0.2, 0) is 9.59 Å². The molecule has 4 aliphatic carbocycles. The van der Waals surface area contributed by atoms with Crippen LogP contribution in [0.15, 0.2) is 35.8 Å². The zero-order valence-electron chi connectivity index (χ0n) is 16.7. The Labute approximate surface area is 167 Å². The average molecular weight is 389 g/mol. The summed E-state index contributed by atoms with van der Waals surface area (Å²) in [4.78, 5) is 25.7. The molecule has 2 unspecified atom stereocenters. The molecule has 1 amide bonds. The standard InChI is InChI=1S/C22H32N2O2S/c1-6-7-18(14(2)3)27-24-21(4,5)20(26)23-19-16-8-15-9-17(19)12-22(10-15,11-16)13-25/h6-7,13,15-17,19,24H,1-2,8-12H2,3-5H3,(H,23,26)/b18-7+. The van der Waals surface area contributed by atoms with Crippen molar-refractivity contribution in [3.8, 4) is 0 Å². The van der Waals surface area contributed by atoms with Gasteiger partial charge in [0.2, 0.25) is 5.91 Å². The van der Waals surface area contributed by atoms with E-state index in [4.69, 9.17) is 0 Å². The van der Waals surface area contributed by atoms with Gasteiger partial charge in [0, 0.05) is 16.4 Å². The first kappa shape index (κ1) is 20.4. The van der Waals surface area contributed by atoms with Crippen molar-refractivity contribution in [2.75, 3.05) is 0 Å². The maximum absolute atomic E-state index is 13.0. The van der Waals surface area contributed by atoms with Crippen LogP contribution in [0.2, 0.25) is 0 Å². The molecule has 0 aromatic heterocycles. The molecule has 0 aromatic carbocycles. The van der Waals surface area contributed by atoms with E-state index < -0.39 is 5.54 Å². The molecule has 4 nitrogen and oxygen atoms in total. The highest BCUT2D eigenvalue weighted by atomic mass is 32.2. The first-order valence-electron chi connectivity index (χ1n) is 9.89. The molecular formula is C22H32N2O2S. The lowest BCUT2D eigenvalue weighted by Gasteiger charge is -2.58. The van der Waals surface area contributed by atoms with Crippen LogP contribution in [0.3, 0.4) is 0 Å². The second kappa shape index (κ2) is 7.59. The Morgan fingerprint density at radius 3 is 2.37 bits per heavy atom. The third kappa shape index (κ3) is 4.09. The number of nitrogens with one attached hydrogen (secondary N) is 2. The van der Waals surface area contributed by atoms with Gasteiger partial charge in [-0.3, -0.25) is 4.79 Å². The highest BCUT2D eigenvalue weighted by Gasteiger charge is 2.56. The van der Waals surface area contributed by atoms with Crippen molar-refractivity contribution in [3.63, 3.8) is 0 Å². The van der Waals surface area contributed by atoms with Crippen molar-refractivity contribution < 1.29 is 9.59 Å². The second-order valence-corrected chi connectivity index (χ2v) is 10.2. The van der Waals surface area contributed by atoms with Gasteiger partial charge < -0.3 is 10.1 Å². The van der Waals surface area contributed by atoms with E-state index in [-0.39, 0.29) is 17.4 Å². The second-order valence-electron chi connectivity index (χ2n) is 9.33. The van der Waals surface area contributed by atoms with Gasteiger partial charge in [0.05, 0.1) is 0 Å². The fourth-order valence-corrected chi connectivity index (χ4v) is 6.19. The Morgan fingerprint density at radius 2 is 1.85 bits per heavy atom. The Bertz CT molecular complexity index is 666. The van der Waals surface area contributed by atoms with Gasteiger partial charge in [0.25, 0.3) is 0 Å². The van der Waals surface area contributed by atoms with Gasteiger partial charge in [0.1, 0.15) is 11.8 Å². The van der Waals surface area contributed by atoms with Crippen molar-refractivity contribution in [3.05, 3.63) is 35.8 Å². The third-order valence-corrected chi connectivity index (χ3v) is 7.86. The highest BCUT2D eigenvalue weighted by molar-refractivity contribution is 8.01. The minimum Gasteiger partial charge on any atom is -0.351 e. The van der Waals surface area contributed by atoms with Crippen molar-refractivity contribution in [2.45, 2.75) is 64.5 Å². The van der Waals surface area contributed by atoms with Crippen LogP contribution >= 0.6 is 11.9 Å². The summed E-state index contributed by atoms with van der Waals surface area (Å²) < 4.78 is 3.29. The van der Waals surface area contributed by atoms with Crippen LogP contribution < -0.4 is 10.0 Å². The SMILES string of the molecule is C=C/C=C(/SNC(C)(C)C(=O)NC1C2CC3CC1CC(C=O)(C3)C2)C(=C)C. The molecule has 0 aliphatic heterocycles. The van der Waals surface area contributed by atoms with Gasteiger partial charge in [-0.2, -0.15) is 0 Å². The summed E-state index contributed by atoms with van der Waals surface area (Å²) in [6.07, 6.45) is 10.1. The molecule has 0 saturated heterocycles. The molecule has 0 aromatic rings. The molecule has 4 aliphatic rings. The zero-order valence-corrected chi connectivity index (χ0v) is 17.5. The van der Waals surface area contributed by atoms with Crippen LogP contribution in [0.5, 0.6) is 0 Å². The minimum atomic E-state index is -0.711. The smallest absolute Gasteiger partial charge is 0.240 e. The predicted octanol–water partition coefficient (Wildman–Crippen LogP) is 4.16. The molecule has 148 valence electrons. The number of carbonyl (C=O) groups is 2. The van der Waals surface area contributed by atoms with Crippen LogP contribution in [0.25, 0.3) is 0 Å². The van der Waals surface area contributed by atoms with E-state index in [1.54, 1.807) is 6.08 Å². The van der Waals surface area contributed by atoms with E-state index in [9.17, 15) is 9.59 Å². The lowest BCUT2D eigenvalue weighted by molar-refractivity contribution is -0.139. The number of hydrogen-bond donors (Lipinski definition) is 2. The van der Waals surface area contributed by atoms with E-state index in [0.717, 1.165) is 42.6 Å². The van der Waals surface area contributed by atoms with E-state index in [1.807, 2.05) is 26.8 Å². The van der Waals surface area contributed by atoms with Crippen LogP contribution in [-0.4, -0.2) is 23.8 Å². The molecule has 0 spiro atoms. The fourth-order valence-electron chi connectivity index (χ4n) is 5.40. The summed E-state index contributed by atoms with van der Waals surface area (Å²) in [6.45, 7) is 13.5. The van der Waals surface area contributed by atoms with E-state index in [0.29, 0.717) is 17.8 Å². The van der Waals surface area contributed by atoms with Gasteiger partial charge in [-0.05, 0) is 94.2 Å². The van der Waals surface area contributed by atoms with Crippen molar-refractivity contribution in [1.29, 1.82) is 0 Å². The molecule has 5 heteroatoms. The predicted molar refractivity (Wildman–Crippen MR) is 112 cm³/mol. The van der Waals surface area contributed by atoms with Gasteiger partial charge in [0.15, 0.2) is 0 Å². The quantitative estimate of drug-likeness (QED) is 0.372. The van der Waals surface area contributed by atoms with Gasteiger partial charge in [-0.1, -0.05) is 19.2 Å². The molecule has 27 heavy (non-hydrogen) atoms. The minimum absolute atomic E-state index is 0.0206. The largest absolute Gasteiger partial charge is 0.351 e. The lowest BCUT2D eigenvalue weighted by Crippen LogP contribution is -2.62. The molecule has 4 rings (SSSR count). The Morgan fingerprint density at radius 1 is 1.22 bits per heavy atom. The fraction of sp³-hybridized carbons (Fsp3) is 0.636. The first-order valence-corrected chi connectivity index (χ1v) is 10.7. The van der Waals surface area contributed by atoms with Gasteiger partial charge in [-0.25, -0.2) is 4.72 Å². The monoisotopic (exact) mass is 388 g/mol. The Kier molecular flexibility index (Phi) is 5.74. The first-order chi connectivity index (χ1) is 12.7. The maximum Gasteiger partial charge on any atom is 0.240 e. The molecule has 0 radical (unpaired) electrons. The molecule has 2 N–H and O–H groups in total. The number of amides is 1. The van der Waals surface area contributed by atoms with E-state index in [2.05, 4.69) is 23.2 Å². The Balaban J connectivity index is 1.63. The molecule has 4 saturated carbocycles. The molecule has 4 bridgehead atoms. The summed E-state index contributed by atoms with van der Waals surface area (Å²) in [5.74, 6) is 1.58. The normalized spacial score (nSPS) is 35.0. The third-order valence-electron chi connectivity index (χ3n) is 6.54. The summed E-state index contributed by atoms with van der Waals surface area (Å²) in [5.41, 5.74) is 0.119. The molecule has 0 heterocycles. The van der Waals surface area contributed by atoms with Gasteiger partial charge >= 0.3 is 0 Å². The summed E-state index contributed by atoms with van der Waals surface area (Å²) >= 11 is 1.42. The lowest BCUT2D eigenvalue weighted by atomic mass is 9.48. The number of carbonyl (C=O) groups excluding carboxylic acids is 2. The van der Waals surface area contributed by atoms with Crippen LogP contribution in [0.1, 0.15) is 52.9 Å². The molecule has 4 fully saturated rings. The van der Waals surface area contributed by atoms with Crippen molar-refractivity contribution in [1.82, 2.24) is 10.0 Å². The van der Waals surface area contributed by atoms with E-state index in [1.165, 1.54) is 18.2 Å². The summed E-state index contributed by atoms with van der Waals surface area (Å²) in [5, 5.41) is 3.34. The number of allylic oxidation sites excluding steroid dienone is 3. The number of rotatable bonds is 8. The number of hydrogen-bond acceptors (Lipinski definition) is 4. The van der Waals surface area contributed by atoms with E-state index >= 15 is 0 Å². The van der Waals surface area contributed by atoms with Crippen molar-refractivity contribution >= 4 is 24.1 Å². The summed E-state index contributed by atoms with van der Waals surface area (Å²) in [7, 11) is 0. The van der Waals surface area contributed by atoms with Crippen LogP contribution in [0.4, 0.5) is 0 Å². The molecular weight excluding hydrogens is 356 g/mol. The molecule has 2 atom stereocenters. The van der Waals surface area contributed by atoms with Crippen LogP contribution in [0, 0.1) is 23.2 Å². The maximum atomic E-state index is 13.0.